The van der Waals surface area contributed by atoms with Crippen molar-refractivity contribution in [3.63, 3.8) is 0 Å². The summed E-state index contributed by atoms with van der Waals surface area (Å²) < 4.78 is 9.50. The average Bonchev–Trinajstić information content (AvgIpc) is 2.65. The van der Waals surface area contributed by atoms with E-state index in [-0.39, 0.29) is 12.3 Å². The third-order valence-electron chi connectivity index (χ3n) is 2.16. The predicted octanol–water partition coefficient (Wildman–Crippen LogP) is 0.203. The monoisotopic (exact) mass is 242 g/mol. The Hall–Kier alpha value is -1.89. The largest absolute Gasteiger partial charge is 0.479 e. The van der Waals surface area contributed by atoms with Gasteiger partial charge in [-0.15, -0.1) is 0 Å². The summed E-state index contributed by atoms with van der Waals surface area (Å²) in [6.07, 6.45) is 0. The molecule has 1 aromatic heterocycles. The molecule has 1 unspecified atom stereocenters. The highest BCUT2D eigenvalue weighted by Gasteiger charge is 2.35. The summed E-state index contributed by atoms with van der Waals surface area (Å²) in [6.45, 7) is 2.84. The van der Waals surface area contributed by atoms with Crippen LogP contribution in [0.1, 0.15) is 23.2 Å². The third kappa shape index (κ3) is 3.04. The summed E-state index contributed by atoms with van der Waals surface area (Å²) in [7, 11) is 1.35. The van der Waals surface area contributed by atoms with Gasteiger partial charge in [0.2, 0.25) is 0 Å². The second-order valence-electron chi connectivity index (χ2n) is 3.85. The highest BCUT2D eigenvalue weighted by Crippen LogP contribution is 2.08. The van der Waals surface area contributed by atoms with Crippen molar-refractivity contribution in [3.8, 4) is 0 Å². The highest BCUT2D eigenvalue weighted by molar-refractivity contribution is 5.96. The maximum absolute atomic E-state index is 11.7. The van der Waals surface area contributed by atoms with Crippen LogP contribution in [0.5, 0.6) is 0 Å². The van der Waals surface area contributed by atoms with Crippen molar-refractivity contribution in [1.29, 1.82) is 0 Å². The van der Waals surface area contributed by atoms with Gasteiger partial charge >= 0.3 is 5.97 Å². The maximum Gasteiger partial charge on any atom is 0.331 e. The lowest BCUT2D eigenvalue weighted by Crippen LogP contribution is -2.55. The lowest BCUT2D eigenvalue weighted by atomic mass is 10.0. The molecule has 0 bridgehead atoms. The van der Waals surface area contributed by atoms with Gasteiger partial charge in [-0.1, -0.05) is 5.16 Å². The van der Waals surface area contributed by atoms with Crippen LogP contribution >= 0.6 is 0 Å². The van der Waals surface area contributed by atoms with Crippen LogP contribution in [-0.2, 0) is 9.53 Å². The van der Waals surface area contributed by atoms with Crippen molar-refractivity contribution in [3.05, 3.63) is 17.5 Å². The molecule has 0 saturated heterocycles. The summed E-state index contributed by atoms with van der Waals surface area (Å²) in [6, 6.07) is 1.42. The van der Waals surface area contributed by atoms with Crippen molar-refractivity contribution in [2.24, 2.45) is 0 Å². The van der Waals surface area contributed by atoms with E-state index in [0.717, 1.165) is 0 Å². The van der Waals surface area contributed by atoms with E-state index < -0.39 is 17.4 Å². The molecule has 1 heterocycles. The fraction of sp³-hybridized carbons (Fsp3) is 0.500. The van der Waals surface area contributed by atoms with Crippen molar-refractivity contribution >= 4 is 11.9 Å². The Bertz CT molecular complexity index is 428. The van der Waals surface area contributed by atoms with E-state index in [2.05, 4.69) is 10.5 Å². The normalized spacial score (nSPS) is 14.1. The van der Waals surface area contributed by atoms with E-state index in [1.165, 1.54) is 20.1 Å². The fourth-order valence-corrected chi connectivity index (χ4v) is 1.23. The molecule has 0 fully saturated rings. The molecule has 94 valence electrons. The first kappa shape index (κ1) is 13.2. The molecule has 0 aliphatic rings. The minimum absolute atomic E-state index is 0.0334. The molecule has 17 heavy (non-hydrogen) atoms. The van der Waals surface area contributed by atoms with E-state index >= 15 is 0 Å². The Labute approximate surface area is 97.7 Å². The van der Waals surface area contributed by atoms with Crippen LogP contribution in [-0.4, -0.2) is 41.4 Å². The zero-order chi connectivity index (χ0) is 13.1. The topological polar surface area (TPSA) is 102 Å². The Kier molecular flexibility index (Phi) is 3.84. The summed E-state index contributed by atoms with van der Waals surface area (Å²) in [5.41, 5.74) is -1.47. The van der Waals surface area contributed by atoms with Crippen LogP contribution < -0.4 is 5.32 Å². The number of amides is 1. The van der Waals surface area contributed by atoms with Crippen LogP contribution in [0.3, 0.4) is 0 Å². The third-order valence-corrected chi connectivity index (χ3v) is 2.16. The first-order valence-corrected chi connectivity index (χ1v) is 4.87. The molecule has 0 saturated carbocycles. The Balaban J connectivity index is 2.81. The smallest absolute Gasteiger partial charge is 0.331 e. The Morgan fingerprint density at radius 3 is 2.71 bits per heavy atom. The van der Waals surface area contributed by atoms with E-state index in [9.17, 15) is 9.59 Å². The van der Waals surface area contributed by atoms with Crippen molar-refractivity contribution in [2.75, 3.05) is 13.7 Å². The molecule has 1 rings (SSSR count). The fourth-order valence-electron chi connectivity index (χ4n) is 1.23. The Morgan fingerprint density at radius 2 is 2.29 bits per heavy atom. The van der Waals surface area contributed by atoms with Gasteiger partial charge in [0, 0.05) is 13.2 Å². The SMILES string of the molecule is COCC(C)(NC(=O)c1cc(C)on1)C(=O)O. The van der Waals surface area contributed by atoms with Crippen LogP contribution in [0.25, 0.3) is 0 Å². The van der Waals surface area contributed by atoms with Gasteiger partial charge in [-0.05, 0) is 13.8 Å². The standard InChI is InChI=1S/C10H14N2O5/c1-6-4-7(12-17-6)8(13)11-10(2,5-16-3)9(14)15/h4H,5H2,1-3H3,(H,11,13)(H,14,15). The lowest BCUT2D eigenvalue weighted by molar-refractivity contribution is -0.145. The summed E-state index contributed by atoms with van der Waals surface area (Å²) in [4.78, 5) is 22.7. The minimum atomic E-state index is -1.50. The molecule has 2 N–H and O–H groups in total. The second-order valence-corrected chi connectivity index (χ2v) is 3.85. The van der Waals surface area contributed by atoms with Gasteiger partial charge in [-0.2, -0.15) is 0 Å². The minimum Gasteiger partial charge on any atom is -0.479 e. The number of methoxy groups -OCH3 is 1. The van der Waals surface area contributed by atoms with E-state index in [0.29, 0.717) is 5.76 Å². The van der Waals surface area contributed by atoms with Gasteiger partial charge in [0.15, 0.2) is 11.2 Å². The van der Waals surface area contributed by atoms with Crippen LogP contribution in [0.15, 0.2) is 10.6 Å². The van der Waals surface area contributed by atoms with E-state index in [1.54, 1.807) is 6.92 Å². The predicted molar refractivity (Wildman–Crippen MR) is 56.6 cm³/mol. The number of rotatable bonds is 5. The van der Waals surface area contributed by atoms with Gasteiger partial charge in [-0.25, -0.2) is 4.79 Å². The number of carbonyl (C=O) groups is 2. The maximum atomic E-state index is 11.7. The zero-order valence-electron chi connectivity index (χ0n) is 9.81. The number of carboxylic acids is 1. The van der Waals surface area contributed by atoms with Gasteiger partial charge in [-0.3, -0.25) is 4.79 Å². The molecule has 7 nitrogen and oxygen atoms in total. The number of nitrogens with one attached hydrogen (secondary N) is 1. The van der Waals surface area contributed by atoms with E-state index in [1.807, 2.05) is 0 Å². The number of carbonyl (C=O) groups excluding carboxylic acids is 1. The molecule has 0 aromatic carbocycles. The molecule has 1 aromatic rings. The lowest BCUT2D eigenvalue weighted by Gasteiger charge is -2.24. The van der Waals surface area contributed by atoms with E-state index in [4.69, 9.17) is 14.4 Å². The molecule has 0 aliphatic heterocycles. The van der Waals surface area contributed by atoms with Crippen LogP contribution in [0.4, 0.5) is 0 Å². The average molecular weight is 242 g/mol. The highest BCUT2D eigenvalue weighted by atomic mass is 16.5. The first-order chi connectivity index (χ1) is 7.89. The van der Waals surface area contributed by atoms with Gasteiger partial charge in [0.1, 0.15) is 5.76 Å². The van der Waals surface area contributed by atoms with Crippen LogP contribution in [0, 0.1) is 6.92 Å². The van der Waals surface area contributed by atoms with Crippen molar-refractivity contribution < 1.29 is 24.0 Å². The van der Waals surface area contributed by atoms with Crippen LogP contribution in [0.2, 0.25) is 0 Å². The molecular formula is C10H14N2O5. The number of aliphatic carboxylic acids is 1. The van der Waals surface area contributed by atoms with Gasteiger partial charge in [0.25, 0.3) is 5.91 Å². The molecule has 0 radical (unpaired) electrons. The number of hydrogen-bond acceptors (Lipinski definition) is 5. The summed E-state index contributed by atoms with van der Waals surface area (Å²) >= 11 is 0. The molecule has 1 atom stereocenters. The molecule has 0 spiro atoms. The van der Waals surface area contributed by atoms with Crippen molar-refractivity contribution in [2.45, 2.75) is 19.4 Å². The number of ether oxygens (including phenoxy) is 1. The quantitative estimate of drug-likeness (QED) is 0.764. The number of carboxylic acid groups (broad SMARTS) is 1. The molecule has 0 aliphatic carbocycles. The number of aromatic nitrogens is 1. The first-order valence-electron chi connectivity index (χ1n) is 4.87. The summed E-state index contributed by atoms with van der Waals surface area (Å²) in [5, 5.41) is 14.9. The molecular weight excluding hydrogens is 228 g/mol. The number of aryl methyl sites for hydroxylation is 1. The molecule has 1 amide bonds. The zero-order valence-corrected chi connectivity index (χ0v) is 9.81. The number of nitrogens with zero attached hydrogens (tertiary/aromatic N) is 1. The van der Waals surface area contributed by atoms with Crippen molar-refractivity contribution in [1.82, 2.24) is 10.5 Å². The second kappa shape index (κ2) is 4.96. The van der Waals surface area contributed by atoms with Gasteiger partial charge in [0.05, 0.1) is 6.61 Å². The van der Waals surface area contributed by atoms with Gasteiger partial charge < -0.3 is 19.7 Å². The summed E-state index contributed by atoms with van der Waals surface area (Å²) in [5.74, 6) is -1.34. The number of hydrogen-bond donors (Lipinski definition) is 2. The Morgan fingerprint density at radius 1 is 1.65 bits per heavy atom. The molecule has 7 heteroatoms.